The fourth-order valence-electron chi connectivity index (χ4n) is 2.33. The summed E-state index contributed by atoms with van der Waals surface area (Å²) in [5.74, 6) is -1.16. The van der Waals surface area contributed by atoms with Crippen molar-refractivity contribution in [2.45, 2.75) is 84.7 Å². The summed E-state index contributed by atoms with van der Waals surface area (Å²) >= 11 is 0. The Labute approximate surface area is 181 Å². The zero-order valence-corrected chi connectivity index (χ0v) is 18.8. The number of ether oxygens (including phenoxy) is 3. The molecule has 0 spiro atoms. The summed E-state index contributed by atoms with van der Waals surface area (Å²) in [5.41, 5.74) is 0. The van der Waals surface area contributed by atoms with Crippen molar-refractivity contribution in [3.8, 4) is 0 Å². The van der Waals surface area contributed by atoms with Gasteiger partial charge in [-0.05, 0) is 38.5 Å². The van der Waals surface area contributed by atoms with Gasteiger partial charge in [-0.2, -0.15) is 0 Å². The van der Waals surface area contributed by atoms with E-state index in [4.69, 9.17) is 14.2 Å². The molecule has 0 unspecified atom stereocenters. The average Bonchev–Trinajstić information content (AvgIpc) is 2.73. The van der Waals surface area contributed by atoms with Gasteiger partial charge in [0.1, 0.15) is 13.2 Å². The number of carbonyl (C=O) groups is 3. The second kappa shape index (κ2) is 19.9. The van der Waals surface area contributed by atoms with E-state index in [1.165, 1.54) is 0 Å². The first-order chi connectivity index (χ1) is 14.5. The zero-order valence-electron chi connectivity index (χ0n) is 18.8. The Bertz CT molecular complexity index is 528. The molecule has 0 saturated carbocycles. The summed E-state index contributed by atoms with van der Waals surface area (Å²) in [6, 6.07) is 0. The van der Waals surface area contributed by atoms with E-state index in [0.29, 0.717) is 19.3 Å². The van der Waals surface area contributed by atoms with Crippen molar-refractivity contribution in [1.29, 1.82) is 0 Å². The fraction of sp³-hybridized carbons (Fsp3) is 0.625. The van der Waals surface area contributed by atoms with Crippen LogP contribution in [-0.4, -0.2) is 37.2 Å². The fourth-order valence-corrected chi connectivity index (χ4v) is 2.33. The third-order valence-electron chi connectivity index (χ3n) is 3.91. The van der Waals surface area contributed by atoms with Crippen molar-refractivity contribution in [2.75, 3.05) is 13.2 Å². The van der Waals surface area contributed by atoms with E-state index in [9.17, 15) is 14.4 Å². The molecule has 0 atom stereocenters. The lowest BCUT2D eigenvalue weighted by molar-refractivity contribution is -0.166. The minimum Gasteiger partial charge on any atom is -0.462 e. The summed E-state index contributed by atoms with van der Waals surface area (Å²) in [4.78, 5) is 35.8. The Balaban J connectivity index is 4.52. The number of hydrogen-bond donors (Lipinski definition) is 0. The monoisotopic (exact) mass is 422 g/mol. The molecule has 0 fully saturated rings. The molecule has 0 aromatic heterocycles. The minimum atomic E-state index is -0.807. The van der Waals surface area contributed by atoms with Crippen LogP contribution in [0.25, 0.3) is 0 Å². The first-order valence-corrected chi connectivity index (χ1v) is 11.0. The van der Waals surface area contributed by atoms with Gasteiger partial charge in [-0.15, -0.1) is 0 Å². The van der Waals surface area contributed by atoms with E-state index < -0.39 is 12.1 Å². The van der Waals surface area contributed by atoms with Crippen LogP contribution in [0.15, 0.2) is 36.5 Å². The van der Waals surface area contributed by atoms with Crippen LogP contribution in [0, 0.1) is 0 Å². The highest BCUT2D eigenvalue weighted by atomic mass is 16.6. The molecule has 0 amide bonds. The topological polar surface area (TPSA) is 78.9 Å². The quantitative estimate of drug-likeness (QED) is 0.182. The van der Waals surface area contributed by atoms with Crippen LogP contribution in [0.3, 0.4) is 0 Å². The van der Waals surface area contributed by atoms with Crippen molar-refractivity contribution in [1.82, 2.24) is 0 Å². The molecule has 0 bridgehead atoms. The van der Waals surface area contributed by atoms with Gasteiger partial charge in [-0.25, -0.2) is 0 Å². The van der Waals surface area contributed by atoms with Gasteiger partial charge >= 0.3 is 17.9 Å². The summed E-state index contributed by atoms with van der Waals surface area (Å²) in [7, 11) is 0. The van der Waals surface area contributed by atoms with E-state index in [1.54, 1.807) is 0 Å². The largest absolute Gasteiger partial charge is 0.462 e. The van der Waals surface area contributed by atoms with Crippen LogP contribution in [0.1, 0.15) is 78.6 Å². The van der Waals surface area contributed by atoms with Crippen molar-refractivity contribution in [3.63, 3.8) is 0 Å². The average molecular weight is 423 g/mol. The highest BCUT2D eigenvalue weighted by molar-refractivity contribution is 5.71. The molecule has 0 aromatic rings. The zero-order chi connectivity index (χ0) is 22.5. The molecule has 0 aliphatic heterocycles. The number of hydrogen-bond acceptors (Lipinski definition) is 6. The lowest BCUT2D eigenvalue weighted by Gasteiger charge is -2.18. The van der Waals surface area contributed by atoms with E-state index in [0.717, 1.165) is 19.3 Å². The third-order valence-corrected chi connectivity index (χ3v) is 3.91. The van der Waals surface area contributed by atoms with Crippen molar-refractivity contribution < 1.29 is 28.6 Å². The number of allylic oxidation sites excluding steroid dienone is 6. The smallest absolute Gasteiger partial charge is 0.306 e. The Morgan fingerprint density at radius 3 is 1.33 bits per heavy atom. The summed E-state index contributed by atoms with van der Waals surface area (Å²) in [6.07, 6.45) is 16.2. The molecule has 170 valence electrons. The van der Waals surface area contributed by atoms with Gasteiger partial charge in [-0.3, -0.25) is 14.4 Å². The SMILES string of the molecule is CC/C=C\CCC(=O)OCC(COC(=O)CC/C=C\CC)OC(=O)CC/C=C\CC. The maximum absolute atomic E-state index is 12.0. The molecule has 0 rings (SSSR count). The summed E-state index contributed by atoms with van der Waals surface area (Å²) in [5, 5.41) is 0. The van der Waals surface area contributed by atoms with E-state index in [2.05, 4.69) is 0 Å². The molecule has 0 heterocycles. The normalized spacial score (nSPS) is 11.6. The van der Waals surface area contributed by atoms with Crippen LogP contribution >= 0.6 is 0 Å². The summed E-state index contributed by atoms with van der Waals surface area (Å²) in [6.45, 7) is 5.80. The lowest BCUT2D eigenvalue weighted by Crippen LogP contribution is -2.30. The number of rotatable bonds is 17. The van der Waals surface area contributed by atoms with Crippen LogP contribution in [0.2, 0.25) is 0 Å². The van der Waals surface area contributed by atoms with Crippen molar-refractivity contribution in [2.24, 2.45) is 0 Å². The van der Waals surface area contributed by atoms with Gasteiger partial charge in [0.15, 0.2) is 6.10 Å². The minimum absolute atomic E-state index is 0.129. The number of esters is 3. The molecule has 30 heavy (non-hydrogen) atoms. The summed E-state index contributed by atoms with van der Waals surface area (Å²) < 4.78 is 15.8. The highest BCUT2D eigenvalue weighted by Crippen LogP contribution is 2.05. The van der Waals surface area contributed by atoms with Gasteiger partial charge in [0.2, 0.25) is 0 Å². The third kappa shape index (κ3) is 17.7. The highest BCUT2D eigenvalue weighted by Gasteiger charge is 2.19. The predicted octanol–water partition coefficient (Wildman–Crippen LogP) is 5.22. The predicted molar refractivity (Wildman–Crippen MR) is 118 cm³/mol. The van der Waals surface area contributed by atoms with Crippen molar-refractivity contribution >= 4 is 17.9 Å². The van der Waals surface area contributed by atoms with E-state index >= 15 is 0 Å². The molecular formula is C24H38O6. The van der Waals surface area contributed by atoms with Gasteiger partial charge < -0.3 is 14.2 Å². The Kier molecular flexibility index (Phi) is 18.4. The second-order valence-corrected chi connectivity index (χ2v) is 6.73. The standard InChI is InChI=1S/C24H38O6/c1-4-7-10-13-16-22(25)28-19-21(30-24(27)18-15-12-9-6-3)20-29-23(26)17-14-11-8-5-2/h7-12,21H,4-6,13-20H2,1-3H3/b10-7-,11-8-,12-9-. The molecule has 0 N–H and O–H groups in total. The van der Waals surface area contributed by atoms with Crippen LogP contribution in [0.4, 0.5) is 0 Å². The Morgan fingerprint density at radius 2 is 0.967 bits per heavy atom. The van der Waals surface area contributed by atoms with Crippen LogP contribution < -0.4 is 0 Å². The van der Waals surface area contributed by atoms with Gasteiger partial charge in [-0.1, -0.05) is 57.2 Å². The molecule has 0 aromatic carbocycles. The molecule has 0 aliphatic rings. The van der Waals surface area contributed by atoms with Gasteiger partial charge in [0, 0.05) is 19.3 Å². The molecule has 6 nitrogen and oxygen atoms in total. The first-order valence-electron chi connectivity index (χ1n) is 11.0. The van der Waals surface area contributed by atoms with E-state index in [1.807, 2.05) is 57.2 Å². The van der Waals surface area contributed by atoms with E-state index in [-0.39, 0.29) is 44.4 Å². The maximum Gasteiger partial charge on any atom is 0.306 e. The van der Waals surface area contributed by atoms with Crippen LogP contribution in [-0.2, 0) is 28.6 Å². The molecule has 0 saturated heterocycles. The number of carbonyl (C=O) groups excluding carboxylic acids is 3. The molecular weight excluding hydrogens is 384 g/mol. The second-order valence-electron chi connectivity index (χ2n) is 6.73. The van der Waals surface area contributed by atoms with Gasteiger partial charge in [0.25, 0.3) is 0 Å². The lowest BCUT2D eigenvalue weighted by atomic mass is 10.2. The molecule has 0 aliphatic carbocycles. The molecule has 6 heteroatoms. The Hall–Kier alpha value is -2.37. The van der Waals surface area contributed by atoms with Crippen LogP contribution in [0.5, 0.6) is 0 Å². The maximum atomic E-state index is 12.0. The first kappa shape index (κ1) is 27.6. The Morgan fingerprint density at radius 1 is 0.600 bits per heavy atom. The van der Waals surface area contributed by atoms with Gasteiger partial charge in [0.05, 0.1) is 0 Å². The van der Waals surface area contributed by atoms with Crippen molar-refractivity contribution in [3.05, 3.63) is 36.5 Å². The molecule has 0 radical (unpaired) electrons.